The van der Waals surface area contributed by atoms with E-state index >= 15 is 0 Å². The summed E-state index contributed by atoms with van der Waals surface area (Å²) in [5.74, 6) is -0.428. The average molecular weight is 340 g/mol. The van der Waals surface area contributed by atoms with Crippen LogP contribution in [0.5, 0.6) is 0 Å². The van der Waals surface area contributed by atoms with Crippen LogP contribution in [0.15, 0.2) is 24.3 Å². The first-order valence-corrected chi connectivity index (χ1v) is 8.64. The number of nitrogens with two attached hydrogens (primary N) is 1. The normalized spacial score (nSPS) is 18.5. The smallest absolute Gasteiger partial charge is 0.238 e. The van der Waals surface area contributed by atoms with Gasteiger partial charge < -0.3 is 15.1 Å². The lowest BCUT2D eigenvalue weighted by Crippen LogP contribution is -2.32. The molecule has 0 radical (unpaired) electrons. The molecule has 1 atom stereocenters. The van der Waals surface area contributed by atoms with Crippen LogP contribution in [0.1, 0.15) is 6.42 Å². The molecular weight excluding hydrogens is 320 g/mol. The third-order valence-corrected chi connectivity index (χ3v) is 4.72. The summed E-state index contributed by atoms with van der Waals surface area (Å²) in [5, 5.41) is 6.96. The van der Waals surface area contributed by atoms with E-state index in [1.165, 1.54) is 4.90 Å². The Kier molecular flexibility index (Phi) is 5.03. The molecule has 0 bridgehead atoms. The Bertz CT molecular complexity index is 700. The number of rotatable bonds is 5. The highest BCUT2D eigenvalue weighted by Gasteiger charge is 2.37. The molecule has 0 spiro atoms. The molecule has 1 aliphatic heterocycles. The van der Waals surface area contributed by atoms with Crippen LogP contribution in [0, 0.1) is 0 Å². The molecule has 23 heavy (non-hydrogen) atoms. The van der Waals surface area contributed by atoms with Gasteiger partial charge in [-0.15, -0.1) is 0 Å². The number of carbonyl (C=O) groups excluding carboxylic acids is 2. The Hall–Kier alpha value is -1.97. The Morgan fingerprint density at radius 2 is 1.96 bits per heavy atom. The third-order valence-electron chi connectivity index (χ3n) is 3.48. The number of likely N-dealkylation sites (N-methyl/N-ethyl adjacent to an activating group) is 1. The minimum atomic E-state index is -3.74. The second-order valence-electron chi connectivity index (χ2n) is 5.75. The van der Waals surface area contributed by atoms with Gasteiger partial charge in [0.05, 0.1) is 6.54 Å². The number of nitrogens with one attached hydrogen (secondary N) is 1. The van der Waals surface area contributed by atoms with Crippen molar-refractivity contribution in [2.75, 3.05) is 37.4 Å². The summed E-state index contributed by atoms with van der Waals surface area (Å²) < 4.78 is 22.7. The second kappa shape index (κ2) is 6.65. The van der Waals surface area contributed by atoms with Gasteiger partial charge in [-0.25, -0.2) is 13.6 Å². The van der Waals surface area contributed by atoms with Gasteiger partial charge in [0, 0.05) is 24.3 Å². The van der Waals surface area contributed by atoms with E-state index < -0.39 is 15.3 Å². The number of hydrogen-bond acceptors (Lipinski definition) is 5. The number of benzene rings is 1. The fraction of sp³-hybridized carbons (Fsp3) is 0.429. The molecule has 2 rings (SSSR count). The van der Waals surface area contributed by atoms with Crippen LogP contribution in [0.2, 0.25) is 0 Å². The monoisotopic (exact) mass is 340 g/mol. The van der Waals surface area contributed by atoms with Crippen molar-refractivity contribution in [1.29, 1.82) is 0 Å². The van der Waals surface area contributed by atoms with Crippen molar-refractivity contribution < 1.29 is 18.0 Å². The molecule has 1 saturated heterocycles. The van der Waals surface area contributed by atoms with E-state index in [0.717, 1.165) is 0 Å². The summed E-state index contributed by atoms with van der Waals surface area (Å²) in [6.45, 7) is 0.312. The van der Waals surface area contributed by atoms with E-state index in [1.807, 2.05) is 0 Å². The summed E-state index contributed by atoms with van der Waals surface area (Å²) in [7, 11) is -0.146. The quantitative estimate of drug-likeness (QED) is 0.756. The minimum absolute atomic E-state index is 0.0456. The number of anilines is 2. The van der Waals surface area contributed by atoms with Crippen molar-refractivity contribution in [3.05, 3.63) is 24.3 Å². The van der Waals surface area contributed by atoms with E-state index in [1.54, 1.807) is 43.3 Å². The van der Waals surface area contributed by atoms with Crippen LogP contribution in [0.3, 0.4) is 0 Å². The molecule has 126 valence electrons. The van der Waals surface area contributed by atoms with Crippen molar-refractivity contribution in [2.45, 2.75) is 11.7 Å². The zero-order valence-corrected chi connectivity index (χ0v) is 13.8. The Balaban J connectivity index is 2.05. The number of nitrogens with zero attached hydrogens (tertiary/aromatic N) is 2. The van der Waals surface area contributed by atoms with Gasteiger partial charge in [0.25, 0.3) is 0 Å². The van der Waals surface area contributed by atoms with Crippen molar-refractivity contribution in [1.82, 2.24) is 4.90 Å². The summed E-state index contributed by atoms with van der Waals surface area (Å²) in [5.41, 5.74) is 1.18. The van der Waals surface area contributed by atoms with Crippen LogP contribution in [0.4, 0.5) is 11.4 Å². The predicted molar refractivity (Wildman–Crippen MR) is 87.5 cm³/mol. The van der Waals surface area contributed by atoms with Gasteiger partial charge in [-0.1, -0.05) is 0 Å². The lowest BCUT2D eigenvalue weighted by Gasteiger charge is -2.17. The third kappa shape index (κ3) is 4.50. The number of amides is 2. The van der Waals surface area contributed by atoms with E-state index in [4.69, 9.17) is 5.14 Å². The molecule has 2 amide bonds. The van der Waals surface area contributed by atoms with Crippen molar-refractivity contribution in [3.63, 3.8) is 0 Å². The molecule has 1 aliphatic rings. The molecule has 1 fully saturated rings. The van der Waals surface area contributed by atoms with Gasteiger partial charge in [-0.05, 0) is 38.4 Å². The maximum atomic E-state index is 11.9. The average Bonchev–Trinajstić information content (AvgIpc) is 2.81. The van der Waals surface area contributed by atoms with E-state index in [0.29, 0.717) is 11.4 Å². The topological polar surface area (TPSA) is 113 Å². The predicted octanol–water partition coefficient (Wildman–Crippen LogP) is -0.419. The van der Waals surface area contributed by atoms with Gasteiger partial charge >= 0.3 is 0 Å². The fourth-order valence-corrected chi connectivity index (χ4v) is 3.09. The van der Waals surface area contributed by atoms with Crippen LogP contribution in [0.25, 0.3) is 0 Å². The summed E-state index contributed by atoms with van der Waals surface area (Å²) in [6.07, 6.45) is -0.111. The van der Waals surface area contributed by atoms with Gasteiger partial charge in [-0.3, -0.25) is 9.59 Å². The maximum absolute atomic E-state index is 11.9. The first kappa shape index (κ1) is 17.4. The van der Waals surface area contributed by atoms with Crippen LogP contribution < -0.4 is 15.4 Å². The Morgan fingerprint density at radius 1 is 1.35 bits per heavy atom. The molecule has 8 nitrogen and oxygen atoms in total. The number of carbonyl (C=O) groups is 2. The van der Waals surface area contributed by atoms with Crippen molar-refractivity contribution in [2.24, 2.45) is 5.14 Å². The number of hydrogen-bond donors (Lipinski definition) is 2. The fourth-order valence-electron chi connectivity index (χ4n) is 2.36. The molecule has 0 aliphatic carbocycles. The highest BCUT2D eigenvalue weighted by Crippen LogP contribution is 2.25. The zero-order valence-electron chi connectivity index (χ0n) is 13.0. The molecule has 0 saturated carbocycles. The number of primary sulfonamides is 1. The number of sulfonamides is 1. The Morgan fingerprint density at radius 3 is 2.43 bits per heavy atom. The minimum Gasteiger partial charge on any atom is -0.325 e. The van der Waals surface area contributed by atoms with Gasteiger partial charge in [0.2, 0.25) is 21.8 Å². The highest BCUT2D eigenvalue weighted by atomic mass is 32.2. The molecule has 1 heterocycles. The molecule has 3 N–H and O–H groups in total. The summed E-state index contributed by atoms with van der Waals surface area (Å²) in [4.78, 5) is 26.8. The molecule has 9 heteroatoms. The zero-order chi connectivity index (χ0) is 17.2. The second-order valence-corrected chi connectivity index (χ2v) is 7.60. The molecule has 1 aromatic rings. The van der Waals surface area contributed by atoms with Gasteiger partial charge in [0.1, 0.15) is 5.25 Å². The largest absolute Gasteiger partial charge is 0.325 e. The van der Waals surface area contributed by atoms with Crippen LogP contribution in [-0.4, -0.2) is 57.6 Å². The Labute approximate surface area is 135 Å². The standard InChI is InChI=1S/C14H20N4O4S/c1-17(2)9-13(19)16-10-3-5-11(6-4-10)18-8-12(7-14(18)20)23(15,21)22/h3-6,12H,7-9H2,1-2H3,(H,16,19)(H2,15,21,22). The van der Waals surface area contributed by atoms with Gasteiger partial charge in [0.15, 0.2) is 0 Å². The molecule has 1 unspecified atom stereocenters. The van der Waals surface area contributed by atoms with Crippen molar-refractivity contribution in [3.8, 4) is 0 Å². The first-order valence-electron chi connectivity index (χ1n) is 7.03. The maximum Gasteiger partial charge on any atom is 0.238 e. The molecule has 0 aromatic heterocycles. The van der Waals surface area contributed by atoms with Crippen molar-refractivity contribution >= 4 is 33.2 Å². The van der Waals surface area contributed by atoms with Gasteiger partial charge in [-0.2, -0.15) is 0 Å². The molecule has 1 aromatic carbocycles. The lowest BCUT2D eigenvalue weighted by atomic mass is 10.2. The van der Waals surface area contributed by atoms with E-state index in [-0.39, 0.29) is 31.3 Å². The SMILES string of the molecule is CN(C)CC(=O)Nc1ccc(N2CC(S(N)(=O)=O)CC2=O)cc1. The molecular formula is C14H20N4O4S. The summed E-state index contributed by atoms with van der Waals surface area (Å²) in [6, 6.07) is 6.66. The van der Waals surface area contributed by atoms with E-state index in [9.17, 15) is 18.0 Å². The van der Waals surface area contributed by atoms with Crippen LogP contribution in [-0.2, 0) is 19.6 Å². The van der Waals surface area contributed by atoms with E-state index in [2.05, 4.69) is 5.32 Å². The lowest BCUT2D eigenvalue weighted by molar-refractivity contribution is -0.117. The highest BCUT2D eigenvalue weighted by molar-refractivity contribution is 7.89. The van der Waals surface area contributed by atoms with Crippen LogP contribution >= 0.6 is 0 Å². The first-order chi connectivity index (χ1) is 10.7. The summed E-state index contributed by atoms with van der Waals surface area (Å²) >= 11 is 0.